The first-order valence-corrected chi connectivity index (χ1v) is 7.18. The number of nitrogens with one attached hydrogen (secondary N) is 1. The van der Waals surface area contributed by atoms with Crippen molar-refractivity contribution in [1.29, 1.82) is 10.5 Å². The summed E-state index contributed by atoms with van der Waals surface area (Å²) < 4.78 is 5.85. The number of allylic oxidation sites excluding steroid dienone is 1. The molecule has 4 heteroatoms. The number of nitrogens with zero attached hydrogens (tertiary/aromatic N) is 2. The molecule has 0 fully saturated rings. The molecule has 2 rings (SSSR count). The maximum absolute atomic E-state index is 8.71. The van der Waals surface area contributed by atoms with E-state index in [4.69, 9.17) is 15.3 Å². The van der Waals surface area contributed by atoms with E-state index >= 15 is 0 Å². The Morgan fingerprint density at radius 2 is 1.91 bits per heavy atom. The van der Waals surface area contributed by atoms with Gasteiger partial charge < -0.3 is 10.1 Å². The van der Waals surface area contributed by atoms with Crippen molar-refractivity contribution in [2.45, 2.75) is 20.5 Å². The first kappa shape index (κ1) is 16.1. The van der Waals surface area contributed by atoms with Crippen molar-refractivity contribution in [1.82, 2.24) is 0 Å². The fourth-order valence-corrected chi connectivity index (χ4v) is 2.12. The number of hydrogen-bond donors (Lipinski definition) is 1. The van der Waals surface area contributed by atoms with Crippen molar-refractivity contribution >= 4 is 5.69 Å². The van der Waals surface area contributed by atoms with Gasteiger partial charge in [-0.05, 0) is 43.2 Å². The van der Waals surface area contributed by atoms with Crippen molar-refractivity contribution in [3.8, 4) is 17.9 Å². The fraction of sp³-hybridized carbons (Fsp3) is 0.158. The van der Waals surface area contributed by atoms with E-state index in [1.807, 2.05) is 43.3 Å². The largest absolute Gasteiger partial charge is 0.489 e. The van der Waals surface area contributed by atoms with Crippen LogP contribution in [0, 0.1) is 36.5 Å². The predicted molar refractivity (Wildman–Crippen MR) is 89.6 cm³/mol. The van der Waals surface area contributed by atoms with Gasteiger partial charge in [0.25, 0.3) is 0 Å². The molecule has 114 valence electrons. The Kier molecular flexibility index (Phi) is 5.39. The molecule has 2 aromatic carbocycles. The lowest BCUT2D eigenvalue weighted by Gasteiger charge is -2.10. The molecule has 0 atom stereocenters. The second-order valence-corrected chi connectivity index (χ2v) is 5.18. The lowest BCUT2D eigenvalue weighted by molar-refractivity contribution is 0.304. The van der Waals surface area contributed by atoms with Crippen LogP contribution in [0.4, 0.5) is 5.69 Å². The zero-order valence-electron chi connectivity index (χ0n) is 13.1. The average Bonchev–Trinajstić information content (AvgIpc) is 2.55. The Morgan fingerprint density at radius 1 is 1.13 bits per heavy atom. The molecule has 0 saturated heterocycles. The van der Waals surface area contributed by atoms with Crippen LogP contribution < -0.4 is 10.1 Å². The summed E-state index contributed by atoms with van der Waals surface area (Å²) in [6.45, 7) is 4.53. The van der Waals surface area contributed by atoms with Gasteiger partial charge in [-0.1, -0.05) is 29.8 Å². The van der Waals surface area contributed by atoms with Crippen LogP contribution in [0.3, 0.4) is 0 Å². The molecule has 0 radical (unpaired) electrons. The van der Waals surface area contributed by atoms with Gasteiger partial charge in [0, 0.05) is 11.9 Å². The molecule has 0 aliphatic rings. The Balaban J connectivity index is 2.04. The fourth-order valence-electron chi connectivity index (χ4n) is 2.12. The Labute approximate surface area is 136 Å². The van der Waals surface area contributed by atoms with Crippen molar-refractivity contribution < 1.29 is 4.74 Å². The second-order valence-electron chi connectivity index (χ2n) is 5.18. The van der Waals surface area contributed by atoms with Gasteiger partial charge in [0.1, 0.15) is 30.1 Å². The van der Waals surface area contributed by atoms with Crippen LogP contribution in [0.25, 0.3) is 0 Å². The molecule has 0 aromatic heterocycles. The maximum Gasteiger partial charge on any atom is 0.145 e. The minimum Gasteiger partial charge on any atom is -0.489 e. The number of aryl methyl sites for hydroxylation is 2. The summed E-state index contributed by atoms with van der Waals surface area (Å²) in [6, 6.07) is 17.4. The number of benzene rings is 2. The van der Waals surface area contributed by atoms with E-state index in [0.29, 0.717) is 6.61 Å². The van der Waals surface area contributed by atoms with E-state index in [1.165, 1.54) is 11.8 Å². The smallest absolute Gasteiger partial charge is 0.145 e. The maximum atomic E-state index is 8.71. The molecule has 2 aromatic rings. The summed E-state index contributed by atoms with van der Waals surface area (Å²) in [7, 11) is 0. The SMILES string of the molecule is Cc1ccc(OCc2cccc(NC=C(C#N)C#N)c2)c(C)c1. The minimum atomic E-state index is 0.0296. The summed E-state index contributed by atoms with van der Waals surface area (Å²) in [6.07, 6.45) is 1.39. The topological polar surface area (TPSA) is 68.8 Å². The zero-order valence-corrected chi connectivity index (χ0v) is 13.1. The van der Waals surface area contributed by atoms with Crippen molar-refractivity contribution in [2.75, 3.05) is 5.32 Å². The molecule has 0 saturated carbocycles. The number of rotatable bonds is 5. The van der Waals surface area contributed by atoms with E-state index in [9.17, 15) is 0 Å². The summed E-state index contributed by atoms with van der Waals surface area (Å²) in [5.74, 6) is 0.866. The van der Waals surface area contributed by atoms with Gasteiger partial charge in [-0.15, -0.1) is 0 Å². The zero-order chi connectivity index (χ0) is 16.7. The molecule has 4 nitrogen and oxygen atoms in total. The Morgan fingerprint density at radius 3 is 2.61 bits per heavy atom. The summed E-state index contributed by atoms with van der Waals surface area (Å²) in [5, 5.41) is 20.4. The Bertz CT molecular complexity index is 794. The van der Waals surface area contributed by atoms with Gasteiger partial charge in [0.15, 0.2) is 0 Å². The lowest BCUT2D eigenvalue weighted by atomic mass is 10.1. The highest BCUT2D eigenvalue weighted by Crippen LogP contribution is 2.20. The van der Waals surface area contributed by atoms with E-state index in [2.05, 4.69) is 18.3 Å². The van der Waals surface area contributed by atoms with Gasteiger partial charge in [0.05, 0.1) is 0 Å². The van der Waals surface area contributed by atoms with Crippen molar-refractivity contribution in [2.24, 2.45) is 0 Å². The van der Waals surface area contributed by atoms with Crippen LogP contribution >= 0.6 is 0 Å². The molecule has 1 N–H and O–H groups in total. The molecule has 23 heavy (non-hydrogen) atoms. The monoisotopic (exact) mass is 303 g/mol. The second kappa shape index (κ2) is 7.68. The highest BCUT2D eigenvalue weighted by atomic mass is 16.5. The van der Waals surface area contributed by atoms with E-state index in [1.54, 1.807) is 12.1 Å². The van der Waals surface area contributed by atoms with Gasteiger partial charge >= 0.3 is 0 Å². The van der Waals surface area contributed by atoms with Crippen LogP contribution in [0.1, 0.15) is 16.7 Å². The summed E-state index contributed by atoms with van der Waals surface area (Å²) in [5.41, 5.74) is 4.14. The van der Waals surface area contributed by atoms with Crippen molar-refractivity contribution in [3.05, 3.63) is 70.9 Å². The lowest BCUT2D eigenvalue weighted by Crippen LogP contribution is -1.98. The van der Waals surface area contributed by atoms with Gasteiger partial charge in [0.2, 0.25) is 0 Å². The third-order valence-electron chi connectivity index (χ3n) is 3.28. The molecule has 0 heterocycles. The Hall–Kier alpha value is -3.24. The molecule has 0 bridgehead atoms. The van der Waals surface area contributed by atoms with E-state index in [-0.39, 0.29) is 5.57 Å². The third kappa shape index (κ3) is 4.62. The van der Waals surface area contributed by atoms with Crippen LogP contribution in [0.5, 0.6) is 5.75 Å². The standard InChI is InChI=1S/C19H17N3O/c1-14-6-7-19(15(2)8-14)23-13-16-4-3-5-18(9-16)22-12-17(10-20)11-21/h3-9,12,22H,13H2,1-2H3. The third-order valence-corrected chi connectivity index (χ3v) is 3.28. The quantitative estimate of drug-likeness (QED) is 0.839. The average molecular weight is 303 g/mol. The first-order chi connectivity index (χ1) is 11.1. The van der Waals surface area contributed by atoms with Crippen LogP contribution in [-0.4, -0.2) is 0 Å². The van der Waals surface area contributed by atoms with Crippen LogP contribution in [0.2, 0.25) is 0 Å². The molecular formula is C19H17N3O. The molecule has 0 amide bonds. The predicted octanol–water partition coefficient (Wildman–Crippen LogP) is 4.23. The van der Waals surface area contributed by atoms with E-state index in [0.717, 1.165) is 22.6 Å². The minimum absolute atomic E-state index is 0.0296. The van der Waals surface area contributed by atoms with Crippen LogP contribution in [-0.2, 0) is 6.61 Å². The van der Waals surface area contributed by atoms with Gasteiger partial charge in [-0.2, -0.15) is 10.5 Å². The molecule has 0 unspecified atom stereocenters. The molecule has 0 spiro atoms. The number of nitriles is 2. The highest BCUT2D eigenvalue weighted by molar-refractivity contribution is 5.50. The summed E-state index contributed by atoms with van der Waals surface area (Å²) >= 11 is 0. The molecule has 0 aliphatic carbocycles. The van der Waals surface area contributed by atoms with Crippen molar-refractivity contribution in [3.63, 3.8) is 0 Å². The van der Waals surface area contributed by atoms with Crippen LogP contribution in [0.15, 0.2) is 54.2 Å². The number of ether oxygens (including phenoxy) is 1. The highest BCUT2D eigenvalue weighted by Gasteiger charge is 2.01. The normalized spacial score (nSPS) is 9.39. The first-order valence-electron chi connectivity index (χ1n) is 7.18. The molecule has 0 aliphatic heterocycles. The van der Waals surface area contributed by atoms with E-state index < -0.39 is 0 Å². The van der Waals surface area contributed by atoms with Gasteiger partial charge in [-0.25, -0.2) is 0 Å². The van der Waals surface area contributed by atoms with Gasteiger partial charge in [-0.3, -0.25) is 0 Å². The molecular weight excluding hydrogens is 286 g/mol. The number of hydrogen-bond acceptors (Lipinski definition) is 4. The number of anilines is 1. The summed E-state index contributed by atoms with van der Waals surface area (Å²) in [4.78, 5) is 0.